The number of rotatable bonds is 7. The zero-order chi connectivity index (χ0) is 31.6. The maximum atomic E-state index is 14.0. The highest BCUT2D eigenvalue weighted by Crippen LogP contribution is 2.22. The van der Waals surface area contributed by atoms with Crippen molar-refractivity contribution >= 4 is 23.6 Å². The van der Waals surface area contributed by atoms with Crippen molar-refractivity contribution in [2.45, 2.75) is 88.4 Å². The molecule has 4 amide bonds. The molecule has 2 bridgehead atoms. The van der Waals surface area contributed by atoms with Crippen LogP contribution in [0, 0.1) is 5.82 Å². The van der Waals surface area contributed by atoms with E-state index in [-0.39, 0.29) is 36.6 Å². The molecule has 2 saturated heterocycles. The van der Waals surface area contributed by atoms with Gasteiger partial charge in [0.05, 0.1) is 12.7 Å². The fourth-order valence-corrected chi connectivity index (χ4v) is 6.15. The number of fused-ring (bicyclic) bond motifs is 2. The minimum atomic E-state index is -0.987. The number of likely N-dealkylation sites (tertiary alicyclic amines) is 1. The lowest BCUT2D eigenvalue weighted by Gasteiger charge is -2.30. The summed E-state index contributed by atoms with van der Waals surface area (Å²) < 4.78 is 25.2. The quantitative estimate of drug-likeness (QED) is 0.436. The van der Waals surface area contributed by atoms with E-state index in [0.717, 1.165) is 24.0 Å². The Labute approximate surface area is 263 Å². The highest BCUT2D eigenvalue weighted by atomic mass is 19.1. The predicted octanol–water partition coefficient (Wildman–Crippen LogP) is 2.82. The van der Waals surface area contributed by atoms with E-state index in [2.05, 4.69) is 16.0 Å². The molecule has 11 heteroatoms. The van der Waals surface area contributed by atoms with E-state index in [4.69, 9.17) is 9.47 Å². The smallest absolute Gasteiger partial charge is 0.243 e. The van der Waals surface area contributed by atoms with Crippen LogP contribution in [0.2, 0.25) is 0 Å². The van der Waals surface area contributed by atoms with Crippen LogP contribution in [0.5, 0.6) is 5.75 Å². The summed E-state index contributed by atoms with van der Waals surface area (Å²) in [6, 6.07) is 10.9. The molecule has 2 fully saturated rings. The summed E-state index contributed by atoms with van der Waals surface area (Å²) in [5.41, 5.74) is 1.65. The Morgan fingerprint density at radius 2 is 1.80 bits per heavy atom. The van der Waals surface area contributed by atoms with Crippen molar-refractivity contribution in [3.05, 3.63) is 65.5 Å². The van der Waals surface area contributed by atoms with Crippen LogP contribution in [-0.4, -0.2) is 79.1 Å². The van der Waals surface area contributed by atoms with Gasteiger partial charge < -0.3 is 30.3 Å². The molecule has 0 radical (unpaired) electrons. The number of nitrogens with one attached hydrogen (secondary N) is 3. The molecule has 3 N–H and O–H groups in total. The Kier molecular flexibility index (Phi) is 11.4. The molecule has 0 aromatic heterocycles. The predicted molar refractivity (Wildman–Crippen MR) is 165 cm³/mol. The van der Waals surface area contributed by atoms with Gasteiger partial charge in [0.25, 0.3) is 0 Å². The summed E-state index contributed by atoms with van der Waals surface area (Å²) in [4.78, 5) is 55.5. The molecule has 10 nitrogen and oxygen atoms in total. The fraction of sp³-hybridized carbons (Fsp3) is 0.529. The number of hydrogen-bond donors (Lipinski definition) is 3. The number of nitrogens with zero attached hydrogens (tertiary/aromatic N) is 1. The number of carbonyl (C=O) groups is 4. The molecular formula is C34H43FN4O6. The van der Waals surface area contributed by atoms with Gasteiger partial charge in [-0.2, -0.15) is 0 Å². The van der Waals surface area contributed by atoms with Crippen molar-refractivity contribution in [1.82, 2.24) is 20.9 Å². The molecule has 4 atom stereocenters. The minimum absolute atomic E-state index is 0.0482. The van der Waals surface area contributed by atoms with Crippen LogP contribution < -0.4 is 20.7 Å². The highest BCUT2D eigenvalue weighted by Gasteiger charge is 2.35. The lowest BCUT2D eigenvalue weighted by atomic mass is 10.0. The van der Waals surface area contributed by atoms with E-state index < -0.39 is 29.9 Å². The van der Waals surface area contributed by atoms with Crippen LogP contribution in [0.4, 0.5) is 4.39 Å². The normalized spacial score (nSPS) is 24.9. The van der Waals surface area contributed by atoms with Gasteiger partial charge >= 0.3 is 0 Å². The summed E-state index contributed by atoms with van der Waals surface area (Å²) in [5, 5.41) is 8.75. The zero-order valence-corrected chi connectivity index (χ0v) is 25.6. The molecule has 242 valence electrons. The first-order chi connectivity index (χ1) is 21.9. The monoisotopic (exact) mass is 622 g/mol. The minimum Gasteiger partial charge on any atom is -0.494 e. The molecule has 45 heavy (non-hydrogen) atoms. The number of hydrogen-bond acceptors (Lipinski definition) is 6. The third kappa shape index (κ3) is 9.26. The molecule has 3 aliphatic rings. The molecule has 3 heterocycles. The van der Waals surface area contributed by atoms with E-state index in [1.807, 2.05) is 24.3 Å². The van der Waals surface area contributed by atoms with Gasteiger partial charge in [-0.05, 0) is 86.8 Å². The third-order valence-electron chi connectivity index (χ3n) is 8.70. The third-order valence-corrected chi connectivity index (χ3v) is 8.70. The van der Waals surface area contributed by atoms with Crippen LogP contribution in [0.1, 0.15) is 62.5 Å². The number of ether oxygens (including phenoxy) is 2. The van der Waals surface area contributed by atoms with Crippen molar-refractivity contribution in [3.63, 3.8) is 0 Å². The molecule has 0 spiro atoms. The molecule has 2 aromatic carbocycles. The number of aryl methyl sites for hydroxylation is 1. The summed E-state index contributed by atoms with van der Waals surface area (Å²) >= 11 is 0. The van der Waals surface area contributed by atoms with Gasteiger partial charge in [0.2, 0.25) is 23.6 Å². The van der Waals surface area contributed by atoms with E-state index in [1.165, 1.54) is 12.1 Å². The maximum absolute atomic E-state index is 14.0. The van der Waals surface area contributed by atoms with E-state index in [9.17, 15) is 23.6 Å². The van der Waals surface area contributed by atoms with Crippen molar-refractivity contribution in [1.29, 1.82) is 0 Å². The van der Waals surface area contributed by atoms with Gasteiger partial charge in [-0.15, -0.1) is 0 Å². The van der Waals surface area contributed by atoms with Crippen LogP contribution in [0.25, 0.3) is 0 Å². The first-order valence-corrected chi connectivity index (χ1v) is 16.1. The second-order valence-electron chi connectivity index (χ2n) is 12.1. The van der Waals surface area contributed by atoms with Crippen molar-refractivity contribution < 1.29 is 33.0 Å². The fourth-order valence-electron chi connectivity index (χ4n) is 6.15. The van der Waals surface area contributed by atoms with Crippen LogP contribution in [0.15, 0.2) is 48.5 Å². The average Bonchev–Trinajstić information content (AvgIpc) is 3.72. The lowest BCUT2D eigenvalue weighted by molar-refractivity contribution is -0.139. The Morgan fingerprint density at radius 1 is 0.956 bits per heavy atom. The van der Waals surface area contributed by atoms with E-state index >= 15 is 0 Å². The van der Waals surface area contributed by atoms with Crippen molar-refractivity contribution in [2.24, 2.45) is 0 Å². The largest absolute Gasteiger partial charge is 0.494 e. The first-order valence-electron chi connectivity index (χ1n) is 16.1. The SMILES string of the molecule is O=C(NC[C@H]1CCCO1)[C@@H]1CCCCOc2cccc(c2)C[C@H](N2CCCC2=O)C(=O)N[C@@H](CCc2ccc(F)cc2)C(=O)N1. The first kappa shape index (κ1) is 32.4. The second kappa shape index (κ2) is 15.8. The molecule has 0 aliphatic carbocycles. The van der Waals surface area contributed by atoms with Gasteiger partial charge in [0, 0.05) is 32.5 Å². The summed E-state index contributed by atoms with van der Waals surface area (Å²) in [6.07, 6.45) is 5.34. The summed E-state index contributed by atoms with van der Waals surface area (Å²) in [5.74, 6) is -1.03. The molecular weight excluding hydrogens is 579 g/mol. The Bertz CT molecular complexity index is 1330. The van der Waals surface area contributed by atoms with Gasteiger partial charge in [0.1, 0.15) is 29.7 Å². The molecule has 0 unspecified atom stereocenters. The standard InChI is InChI=1S/C34H43FN4O6/c35-25-14-11-23(12-15-25)13-16-29-33(42)37-28(32(41)36-22-27-8-5-19-45-27)9-1-2-18-44-26-7-3-6-24(20-26)21-30(34(43)38-29)39-17-4-10-31(39)40/h3,6-7,11-12,14-15,20,27-30H,1-2,4-5,8-10,13,16-19,21-22H2,(H,36,41)(H,37,42)(H,38,43)/t27-,28+,29+,30+/m1/s1. The van der Waals surface area contributed by atoms with Crippen LogP contribution in [0.3, 0.4) is 0 Å². The Morgan fingerprint density at radius 3 is 2.56 bits per heavy atom. The molecule has 5 rings (SSSR count). The second-order valence-corrected chi connectivity index (χ2v) is 12.1. The molecule has 2 aromatic rings. The molecule has 3 aliphatic heterocycles. The molecule has 0 saturated carbocycles. The number of carbonyl (C=O) groups excluding carboxylic acids is 4. The van der Waals surface area contributed by atoms with Gasteiger partial charge in [-0.1, -0.05) is 24.3 Å². The number of amides is 4. The van der Waals surface area contributed by atoms with Crippen molar-refractivity contribution in [2.75, 3.05) is 26.3 Å². The van der Waals surface area contributed by atoms with Crippen LogP contribution in [-0.2, 0) is 36.8 Å². The van der Waals surface area contributed by atoms with Gasteiger partial charge in [-0.3, -0.25) is 19.2 Å². The van der Waals surface area contributed by atoms with Gasteiger partial charge in [0.15, 0.2) is 0 Å². The Balaban J connectivity index is 1.39. The average molecular weight is 623 g/mol. The van der Waals surface area contributed by atoms with Crippen molar-refractivity contribution in [3.8, 4) is 5.75 Å². The zero-order valence-electron chi connectivity index (χ0n) is 25.6. The lowest BCUT2D eigenvalue weighted by Crippen LogP contribution is -2.57. The van der Waals surface area contributed by atoms with Crippen LogP contribution >= 0.6 is 0 Å². The summed E-state index contributed by atoms with van der Waals surface area (Å²) in [7, 11) is 0. The highest BCUT2D eigenvalue weighted by molar-refractivity contribution is 5.94. The van der Waals surface area contributed by atoms with E-state index in [0.29, 0.717) is 70.6 Å². The topological polar surface area (TPSA) is 126 Å². The number of halogens is 1. The Hall–Kier alpha value is -3.99. The maximum Gasteiger partial charge on any atom is 0.243 e. The summed E-state index contributed by atoms with van der Waals surface area (Å²) in [6.45, 7) is 1.91. The van der Waals surface area contributed by atoms with E-state index in [1.54, 1.807) is 17.0 Å². The van der Waals surface area contributed by atoms with Gasteiger partial charge in [-0.25, -0.2) is 4.39 Å². The number of benzene rings is 2.